The highest BCUT2D eigenvalue weighted by Gasteiger charge is 2.33. The largest absolute Gasteiger partial charge is 0.337 e. The molecular formula is C18H19N3O3S2. The average Bonchev–Trinajstić information content (AvgIpc) is 3.29. The summed E-state index contributed by atoms with van der Waals surface area (Å²) in [5, 5.41) is 5.54. The number of aryl methyl sites for hydroxylation is 1. The van der Waals surface area contributed by atoms with E-state index in [1.54, 1.807) is 11.9 Å². The van der Waals surface area contributed by atoms with E-state index in [1.165, 1.54) is 11.3 Å². The molecule has 0 saturated carbocycles. The molecule has 136 valence electrons. The Kier molecular flexibility index (Phi) is 4.11. The molecular weight excluding hydrogens is 370 g/mol. The summed E-state index contributed by atoms with van der Waals surface area (Å²) >= 11 is 1.39. The number of carbonyl (C=O) groups is 1. The highest BCUT2D eigenvalue weighted by atomic mass is 32.2. The molecule has 0 spiro atoms. The second-order valence-corrected chi connectivity index (χ2v) is 9.89. The standard InChI is InChI=1S/C18H19N3O3S2/c1-12-15-10-16(17(22)20(2)14-8-9-26(23,24)11-14)25-18(15)21(19-12)13-6-4-3-5-7-13/h3-7,10,14H,8-9,11H2,1-2H3/t14-/m1/s1. The molecule has 4 rings (SSSR count). The molecule has 1 amide bonds. The van der Waals surface area contributed by atoms with E-state index >= 15 is 0 Å². The number of nitrogens with zero attached hydrogens (tertiary/aromatic N) is 3. The van der Waals surface area contributed by atoms with Crippen molar-refractivity contribution in [1.29, 1.82) is 0 Å². The summed E-state index contributed by atoms with van der Waals surface area (Å²) in [5.74, 6) is 0.0769. The third kappa shape index (κ3) is 2.93. The number of fused-ring (bicyclic) bond motifs is 1. The van der Waals surface area contributed by atoms with E-state index in [1.807, 2.05) is 48.0 Å². The van der Waals surface area contributed by atoms with Gasteiger partial charge in [-0.2, -0.15) is 5.10 Å². The van der Waals surface area contributed by atoms with Gasteiger partial charge in [-0.3, -0.25) is 4.79 Å². The maximum absolute atomic E-state index is 12.9. The number of hydrogen-bond donors (Lipinski definition) is 0. The summed E-state index contributed by atoms with van der Waals surface area (Å²) in [4.78, 5) is 16.0. The van der Waals surface area contributed by atoms with Crippen LogP contribution in [0.2, 0.25) is 0 Å². The summed E-state index contributed by atoms with van der Waals surface area (Å²) in [6, 6.07) is 11.4. The van der Waals surface area contributed by atoms with Crippen LogP contribution in [0.3, 0.4) is 0 Å². The van der Waals surface area contributed by atoms with E-state index in [0.29, 0.717) is 11.3 Å². The van der Waals surface area contributed by atoms with Crippen molar-refractivity contribution >= 4 is 37.3 Å². The second kappa shape index (κ2) is 6.21. The minimum atomic E-state index is -3.02. The second-order valence-electron chi connectivity index (χ2n) is 6.64. The van der Waals surface area contributed by atoms with Gasteiger partial charge in [-0.1, -0.05) is 18.2 Å². The van der Waals surface area contributed by atoms with Gasteiger partial charge in [0, 0.05) is 18.5 Å². The third-order valence-electron chi connectivity index (χ3n) is 4.83. The molecule has 0 radical (unpaired) electrons. The lowest BCUT2D eigenvalue weighted by atomic mass is 10.2. The molecule has 1 fully saturated rings. The minimum Gasteiger partial charge on any atom is -0.337 e. The zero-order valence-electron chi connectivity index (χ0n) is 14.5. The van der Waals surface area contributed by atoms with Crippen molar-refractivity contribution in [3.05, 3.63) is 47.0 Å². The number of rotatable bonds is 3. The summed E-state index contributed by atoms with van der Waals surface area (Å²) < 4.78 is 25.3. The smallest absolute Gasteiger partial charge is 0.264 e. The molecule has 1 atom stereocenters. The van der Waals surface area contributed by atoms with Gasteiger partial charge in [0.25, 0.3) is 5.91 Å². The Bertz CT molecular complexity index is 1080. The van der Waals surface area contributed by atoms with Gasteiger partial charge >= 0.3 is 0 Å². The molecule has 3 aromatic rings. The Morgan fingerprint density at radius 2 is 2.04 bits per heavy atom. The molecule has 1 aliphatic heterocycles. The summed E-state index contributed by atoms with van der Waals surface area (Å²) in [7, 11) is -1.33. The van der Waals surface area contributed by atoms with E-state index in [9.17, 15) is 13.2 Å². The summed E-state index contributed by atoms with van der Waals surface area (Å²) in [6.45, 7) is 1.93. The summed E-state index contributed by atoms with van der Waals surface area (Å²) in [5.41, 5.74) is 1.81. The highest BCUT2D eigenvalue weighted by Crippen LogP contribution is 2.31. The van der Waals surface area contributed by atoms with Crippen LogP contribution in [0.1, 0.15) is 21.8 Å². The van der Waals surface area contributed by atoms with E-state index in [-0.39, 0.29) is 23.5 Å². The van der Waals surface area contributed by atoms with Gasteiger partial charge in [0.05, 0.1) is 27.8 Å². The van der Waals surface area contributed by atoms with E-state index in [2.05, 4.69) is 5.10 Å². The topological polar surface area (TPSA) is 72.3 Å². The van der Waals surface area contributed by atoms with Crippen molar-refractivity contribution in [2.24, 2.45) is 0 Å². The molecule has 8 heteroatoms. The van der Waals surface area contributed by atoms with Crippen LogP contribution in [0.25, 0.3) is 15.9 Å². The molecule has 0 unspecified atom stereocenters. The fourth-order valence-electron chi connectivity index (χ4n) is 3.32. The number of amides is 1. The average molecular weight is 390 g/mol. The molecule has 3 heterocycles. The Morgan fingerprint density at radius 1 is 1.31 bits per heavy atom. The van der Waals surface area contributed by atoms with Crippen molar-refractivity contribution in [1.82, 2.24) is 14.7 Å². The number of benzene rings is 1. The number of sulfone groups is 1. The van der Waals surface area contributed by atoms with Gasteiger partial charge in [-0.05, 0) is 31.5 Å². The number of thiophene rings is 1. The molecule has 1 saturated heterocycles. The van der Waals surface area contributed by atoms with E-state index < -0.39 is 9.84 Å². The fraction of sp³-hybridized carbons (Fsp3) is 0.333. The van der Waals surface area contributed by atoms with Gasteiger partial charge in [0.2, 0.25) is 0 Å². The van der Waals surface area contributed by atoms with Crippen molar-refractivity contribution in [2.45, 2.75) is 19.4 Å². The number of hydrogen-bond acceptors (Lipinski definition) is 5. The Hall–Kier alpha value is -2.19. The lowest BCUT2D eigenvalue weighted by Gasteiger charge is -2.22. The van der Waals surface area contributed by atoms with Crippen LogP contribution >= 0.6 is 11.3 Å². The van der Waals surface area contributed by atoms with Crippen LogP contribution in [-0.2, 0) is 9.84 Å². The van der Waals surface area contributed by atoms with Crippen LogP contribution in [-0.4, -0.2) is 53.6 Å². The maximum atomic E-state index is 12.9. The molecule has 26 heavy (non-hydrogen) atoms. The molecule has 6 nitrogen and oxygen atoms in total. The van der Waals surface area contributed by atoms with Gasteiger partial charge in [-0.15, -0.1) is 11.3 Å². The van der Waals surface area contributed by atoms with Crippen LogP contribution in [0.15, 0.2) is 36.4 Å². The van der Waals surface area contributed by atoms with Gasteiger partial charge < -0.3 is 4.90 Å². The highest BCUT2D eigenvalue weighted by molar-refractivity contribution is 7.91. The lowest BCUT2D eigenvalue weighted by molar-refractivity contribution is 0.0752. The molecule has 0 N–H and O–H groups in total. The van der Waals surface area contributed by atoms with Crippen LogP contribution in [0.5, 0.6) is 0 Å². The normalized spacial score (nSPS) is 19.1. The van der Waals surface area contributed by atoms with Gasteiger partial charge in [-0.25, -0.2) is 13.1 Å². The molecule has 1 aromatic carbocycles. The predicted octanol–water partition coefficient (Wildman–Crippen LogP) is 2.65. The third-order valence-corrected chi connectivity index (χ3v) is 7.68. The number of para-hydroxylation sites is 1. The first-order chi connectivity index (χ1) is 12.4. The first kappa shape index (κ1) is 17.2. The Morgan fingerprint density at radius 3 is 2.69 bits per heavy atom. The van der Waals surface area contributed by atoms with Crippen LogP contribution in [0.4, 0.5) is 0 Å². The first-order valence-electron chi connectivity index (χ1n) is 8.38. The molecule has 0 bridgehead atoms. The SMILES string of the molecule is Cc1nn(-c2ccccc2)c2sc(C(=O)N(C)[C@@H]3CCS(=O)(=O)C3)cc12. The molecule has 1 aliphatic rings. The van der Waals surface area contributed by atoms with E-state index in [4.69, 9.17) is 0 Å². The Balaban J connectivity index is 1.69. The molecule has 2 aromatic heterocycles. The lowest BCUT2D eigenvalue weighted by Crippen LogP contribution is -2.37. The van der Waals surface area contributed by atoms with Crippen molar-refractivity contribution in [2.75, 3.05) is 18.6 Å². The quantitative estimate of drug-likeness (QED) is 0.690. The number of aromatic nitrogens is 2. The fourth-order valence-corrected chi connectivity index (χ4v) is 6.26. The van der Waals surface area contributed by atoms with E-state index in [0.717, 1.165) is 21.6 Å². The first-order valence-corrected chi connectivity index (χ1v) is 11.0. The van der Waals surface area contributed by atoms with Crippen molar-refractivity contribution < 1.29 is 13.2 Å². The van der Waals surface area contributed by atoms with Gasteiger partial charge in [0.1, 0.15) is 4.83 Å². The monoisotopic (exact) mass is 389 g/mol. The predicted molar refractivity (Wildman–Crippen MR) is 103 cm³/mol. The van der Waals surface area contributed by atoms with Gasteiger partial charge in [0.15, 0.2) is 9.84 Å². The molecule has 0 aliphatic carbocycles. The minimum absolute atomic E-state index is 0.0525. The zero-order valence-corrected chi connectivity index (χ0v) is 16.2. The maximum Gasteiger partial charge on any atom is 0.264 e. The zero-order chi connectivity index (χ0) is 18.5. The van der Waals surface area contributed by atoms with Crippen LogP contribution < -0.4 is 0 Å². The number of carbonyl (C=O) groups excluding carboxylic acids is 1. The van der Waals surface area contributed by atoms with Crippen molar-refractivity contribution in [3.8, 4) is 5.69 Å². The van der Waals surface area contributed by atoms with Crippen molar-refractivity contribution in [3.63, 3.8) is 0 Å². The van der Waals surface area contributed by atoms with Crippen LogP contribution in [0, 0.1) is 6.92 Å². The Labute approximate surface area is 156 Å². The summed E-state index contributed by atoms with van der Waals surface area (Å²) in [6.07, 6.45) is 0.506.